The summed E-state index contributed by atoms with van der Waals surface area (Å²) in [7, 11) is 3.11. The Morgan fingerprint density at radius 1 is 1.26 bits per heavy atom. The van der Waals surface area contributed by atoms with Crippen molar-refractivity contribution in [1.82, 2.24) is 5.32 Å². The number of methoxy groups -OCH3 is 2. The van der Waals surface area contributed by atoms with Crippen molar-refractivity contribution in [1.29, 1.82) is 0 Å². The molecule has 0 atom stereocenters. The van der Waals surface area contributed by atoms with Gasteiger partial charge in [0, 0.05) is 17.7 Å². The monoisotopic (exact) mass is 261 g/mol. The van der Waals surface area contributed by atoms with Gasteiger partial charge in [-0.2, -0.15) is 0 Å². The van der Waals surface area contributed by atoms with Gasteiger partial charge in [0.05, 0.1) is 14.2 Å². The van der Waals surface area contributed by atoms with Crippen LogP contribution in [0, 0.1) is 0 Å². The highest BCUT2D eigenvalue weighted by atomic mass is 16.5. The molecule has 4 nitrogen and oxygen atoms in total. The van der Waals surface area contributed by atoms with Gasteiger partial charge in [0.2, 0.25) is 0 Å². The van der Waals surface area contributed by atoms with Gasteiger partial charge in [0.1, 0.15) is 0 Å². The summed E-state index contributed by atoms with van der Waals surface area (Å²) in [5.74, 6) is 0.986. The molecular weight excluding hydrogens is 242 g/mol. The van der Waals surface area contributed by atoms with Crippen molar-refractivity contribution in [2.45, 2.75) is 6.42 Å². The van der Waals surface area contributed by atoms with Crippen molar-refractivity contribution in [3.63, 3.8) is 0 Å². The third kappa shape index (κ3) is 3.61. The standard InChI is InChI=1S/C15H19NO3/c1-5-7-11-9-12(15(17)16-8-6-2)10-13(18-3)14(11)19-4/h5-6,9-10H,1-2,7-8H2,3-4H3,(H,16,17). The van der Waals surface area contributed by atoms with Crippen LogP contribution in [0.5, 0.6) is 11.5 Å². The van der Waals surface area contributed by atoms with E-state index >= 15 is 0 Å². The number of hydrogen-bond acceptors (Lipinski definition) is 3. The first-order valence-electron chi connectivity index (χ1n) is 5.92. The fourth-order valence-corrected chi connectivity index (χ4v) is 1.75. The van der Waals surface area contributed by atoms with Crippen molar-refractivity contribution >= 4 is 5.91 Å². The topological polar surface area (TPSA) is 47.6 Å². The van der Waals surface area contributed by atoms with E-state index in [1.165, 1.54) is 0 Å². The molecule has 1 rings (SSSR count). The molecule has 0 radical (unpaired) electrons. The number of allylic oxidation sites excluding steroid dienone is 1. The summed E-state index contributed by atoms with van der Waals surface area (Å²) in [5, 5.41) is 2.73. The Bertz CT molecular complexity index is 481. The van der Waals surface area contributed by atoms with Crippen LogP contribution < -0.4 is 14.8 Å². The number of hydrogen-bond donors (Lipinski definition) is 1. The van der Waals surface area contributed by atoms with E-state index in [-0.39, 0.29) is 5.91 Å². The lowest BCUT2D eigenvalue weighted by Crippen LogP contribution is -2.23. The lowest BCUT2D eigenvalue weighted by Gasteiger charge is -2.14. The van der Waals surface area contributed by atoms with Gasteiger partial charge in [-0.1, -0.05) is 12.2 Å². The molecule has 0 saturated carbocycles. The van der Waals surface area contributed by atoms with Crippen LogP contribution >= 0.6 is 0 Å². The number of rotatable bonds is 7. The zero-order valence-electron chi connectivity index (χ0n) is 11.4. The van der Waals surface area contributed by atoms with Crippen LogP contribution in [0.15, 0.2) is 37.4 Å². The molecule has 0 saturated heterocycles. The minimum atomic E-state index is -0.175. The fourth-order valence-electron chi connectivity index (χ4n) is 1.75. The maximum atomic E-state index is 11.9. The van der Waals surface area contributed by atoms with Crippen LogP contribution in [0.25, 0.3) is 0 Å². The van der Waals surface area contributed by atoms with Crippen molar-refractivity contribution in [3.8, 4) is 11.5 Å². The van der Waals surface area contributed by atoms with Gasteiger partial charge >= 0.3 is 0 Å². The summed E-state index contributed by atoms with van der Waals surface area (Å²) in [6.07, 6.45) is 3.98. The van der Waals surface area contributed by atoms with Crippen LogP contribution in [0.3, 0.4) is 0 Å². The van der Waals surface area contributed by atoms with E-state index in [4.69, 9.17) is 9.47 Å². The van der Waals surface area contributed by atoms with E-state index in [9.17, 15) is 4.79 Å². The molecule has 19 heavy (non-hydrogen) atoms. The molecular formula is C15H19NO3. The summed E-state index contributed by atoms with van der Waals surface area (Å²) in [4.78, 5) is 11.9. The normalized spacial score (nSPS) is 9.58. The fraction of sp³-hybridized carbons (Fsp3) is 0.267. The first-order chi connectivity index (χ1) is 9.17. The Kier molecular flexibility index (Phi) is 5.67. The van der Waals surface area contributed by atoms with Crippen molar-refractivity contribution in [2.75, 3.05) is 20.8 Å². The molecule has 1 aromatic carbocycles. The number of ether oxygens (including phenoxy) is 2. The Labute approximate surface area is 113 Å². The van der Waals surface area contributed by atoms with Crippen LogP contribution in [-0.4, -0.2) is 26.7 Å². The SMILES string of the molecule is C=CCNC(=O)c1cc(CC=C)c(OC)c(OC)c1. The highest BCUT2D eigenvalue weighted by molar-refractivity contribution is 5.95. The van der Waals surface area contributed by atoms with Gasteiger partial charge in [-0.3, -0.25) is 4.79 Å². The summed E-state index contributed by atoms with van der Waals surface area (Å²) in [6, 6.07) is 3.44. The smallest absolute Gasteiger partial charge is 0.251 e. The molecule has 4 heteroatoms. The predicted molar refractivity (Wildman–Crippen MR) is 76.0 cm³/mol. The first kappa shape index (κ1) is 14.8. The molecule has 0 spiro atoms. The van der Waals surface area contributed by atoms with E-state index in [1.54, 1.807) is 38.5 Å². The molecule has 102 valence electrons. The molecule has 0 unspecified atom stereocenters. The summed E-state index contributed by atoms with van der Waals surface area (Å²) >= 11 is 0. The molecule has 1 aromatic rings. The molecule has 0 bridgehead atoms. The molecule has 0 fully saturated rings. The van der Waals surface area contributed by atoms with Crippen LogP contribution in [0.4, 0.5) is 0 Å². The van der Waals surface area contributed by atoms with Crippen LogP contribution in [-0.2, 0) is 6.42 Å². The van der Waals surface area contributed by atoms with Gasteiger partial charge in [-0.15, -0.1) is 13.2 Å². The van der Waals surface area contributed by atoms with Gasteiger partial charge < -0.3 is 14.8 Å². The molecule has 0 heterocycles. The molecule has 0 aromatic heterocycles. The Morgan fingerprint density at radius 2 is 2.00 bits per heavy atom. The number of nitrogens with one attached hydrogen (secondary N) is 1. The molecule has 0 aliphatic heterocycles. The zero-order valence-corrected chi connectivity index (χ0v) is 11.4. The third-order valence-electron chi connectivity index (χ3n) is 2.59. The second kappa shape index (κ2) is 7.26. The van der Waals surface area contributed by atoms with Crippen molar-refractivity contribution < 1.29 is 14.3 Å². The van der Waals surface area contributed by atoms with E-state index in [2.05, 4.69) is 18.5 Å². The second-order valence-corrected chi connectivity index (χ2v) is 3.86. The Balaban J connectivity index is 3.19. The highest BCUT2D eigenvalue weighted by Crippen LogP contribution is 2.33. The lowest BCUT2D eigenvalue weighted by molar-refractivity contribution is 0.0957. The van der Waals surface area contributed by atoms with E-state index < -0.39 is 0 Å². The maximum Gasteiger partial charge on any atom is 0.251 e. The quantitative estimate of drug-likeness (QED) is 0.766. The van der Waals surface area contributed by atoms with Gasteiger partial charge in [-0.05, 0) is 18.6 Å². The average Bonchev–Trinajstić information content (AvgIpc) is 2.44. The van der Waals surface area contributed by atoms with E-state index in [1.807, 2.05) is 0 Å². The number of benzene rings is 1. The Hall–Kier alpha value is -2.23. The maximum absolute atomic E-state index is 11.9. The van der Waals surface area contributed by atoms with Gasteiger partial charge in [0.25, 0.3) is 5.91 Å². The lowest BCUT2D eigenvalue weighted by atomic mass is 10.0. The number of carbonyl (C=O) groups is 1. The van der Waals surface area contributed by atoms with Crippen LogP contribution in [0.2, 0.25) is 0 Å². The largest absolute Gasteiger partial charge is 0.493 e. The van der Waals surface area contributed by atoms with Gasteiger partial charge in [0.15, 0.2) is 11.5 Å². The minimum Gasteiger partial charge on any atom is -0.493 e. The minimum absolute atomic E-state index is 0.175. The van der Waals surface area contributed by atoms with Crippen molar-refractivity contribution in [2.24, 2.45) is 0 Å². The molecule has 0 aliphatic carbocycles. The average molecular weight is 261 g/mol. The van der Waals surface area contributed by atoms with E-state index in [0.29, 0.717) is 30.0 Å². The summed E-state index contributed by atoms with van der Waals surface area (Å²) in [5.41, 5.74) is 1.39. The zero-order chi connectivity index (χ0) is 14.3. The molecule has 1 N–H and O–H groups in total. The predicted octanol–water partition coefficient (Wildman–Crippen LogP) is 2.35. The van der Waals surface area contributed by atoms with Gasteiger partial charge in [-0.25, -0.2) is 0 Å². The summed E-state index contributed by atoms with van der Waals surface area (Å²) < 4.78 is 10.6. The summed E-state index contributed by atoms with van der Waals surface area (Å²) in [6.45, 7) is 7.68. The highest BCUT2D eigenvalue weighted by Gasteiger charge is 2.15. The number of amides is 1. The van der Waals surface area contributed by atoms with Crippen LogP contribution in [0.1, 0.15) is 15.9 Å². The van der Waals surface area contributed by atoms with E-state index in [0.717, 1.165) is 5.56 Å². The number of carbonyl (C=O) groups excluding carboxylic acids is 1. The van der Waals surface area contributed by atoms with Crippen molar-refractivity contribution in [3.05, 3.63) is 48.6 Å². The second-order valence-electron chi connectivity index (χ2n) is 3.86. The third-order valence-corrected chi connectivity index (χ3v) is 2.59. The Morgan fingerprint density at radius 3 is 2.53 bits per heavy atom. The molecule has 0 aliphatic rings. The first-order valence-corrected chi connectivity index (χ1v) is 5.92. The molecule has 1 amide bonds.